The Bertz CT molecular complexity index is 1560. The highest BCUT2D eigenvalue weighted by Gasteiger charge is 2.46. The molecule has 9 atom stereocenters. The molecule has 0 saturated carbocycles. The van der Waals surface area contributed by atoms with Crippen LogP contribution >= 0.6 is 31.4 Å². The predicted octanol–water partition coefficient (Wildman–Crippen LogP) is 2.47. The third-order valence-corrected chi connectivity index (χ3v) is 8.30. The van der Waals surface area contributed by atoms with Gasteiger partial charge in [-0.2, -0.15) is 0 Å². The van der Waals surface area contributed by atoms with Gasteiger partial charge in [-0.25, -0.2) is 19.3 Å². The Morgan fingerprint density at radius 1 is 1.17 bits per heavy atom. The van der Waals surface area contributed by atoms with Crippen molar-refractivity contribution in [3.63, 3.8) is 0 Å². The van der Waals surface area contributed by atoms with Crippen molar-refractivity contribution < 1.29 is 31.6 Å². The Morgan fingerprint density at radius 3 is 2.85 bits per heavy atom. The summed E-state index contributed by atoms with van der Waals surface area (Å²) < 4.78 is 53.2. The number of aromatic nitrogens is 6. The van der Waals surface area contributed by atoms with Crippen LogP contribution in [0.4, 0.5) is 10.2 Å². The monoisotopic (exact) mass is 627 g/mol. The van der Waals surface area contributed by atoms with Crippen LogP contribution < -0.4 is 11.3 Å². The first-order chi connectivity index (χ1) is 20.0. The first-order valence-electron chi connectivity index (χ1n) is 12.7. The zero-order valence-electron chi connectivity index (χ0n) is 21.4. The summed E-state index contributed by atoms with van der Waals surface area (Å²) in [6, 6.07) is 3.48. The number of hydrogen-bond acceptors (Lipinski definition) is 12. The number of halogens is 1. The van der Waals surface area contributed by atoms with Crippen molar-refractivity contribution in [3.8, 4) is 0 Å². The maximum atomic E-state index is 15.7. The van der Waals surface area contributed by atoms with Crippen molar-refractivity contribution in [2.24, 2.45) is 5.92 Å². The van der Waals surface area contributed by atoms with Crippen LogP contribution in [-0.4, -0.2) is 73.4 Å². The molecule has 2 saturated heterocycles. The van der Waals surface area contributed by atoms with Gasteiger partial charge in [-0.15, -0.1) is 0 Å². The zero-order valence-corrected chi connectivity index (χ0v) is 24.5. The van der Waals surface area contributed by atoms with Crippen molar-refractivity contribution in [3.05, 3.63) is 47.5 Å². The van der Waals surface area contributed by atoms with Gasteiger partial charge in [-0.1, -0.05) is 0 Å². The number of nitrogens with one attached hydrogen (secondary N) is 1. The van der Waals surface area contributed by atoms with Crippen molar-refractivity contribution in [2.45, 2.75) is 43.4 Å². The fourth-order valence-electron chi connectivity index (χ4n) is 5.28. The van der Waals surface area contributed by atoms with Gasteiger partial charge in [-0.3, -0.25) is 4.79 Å². The number of pyridine rings is 1. The summed E-state index contributed by atoms with van der Waals surface area (Å²) in [5.74, 6) is -0.302. The molecule has 2 aliphatic heterocycles. The molecule has 0 aliphatic carbocycles. The van der Waals surface area contributed by atoms with Gasteiger partial charge in [0.1, 0.15) is 23.9 Å². The molecule has 220 valence electrons. The fourth-order valence-corrected chi connectivity index (χ4v) is 6.26. The average molecular weight is 628 g/mol. The van der Waals surface area contributed by atoms with Crippen LogP contribution in [-0.2, 0) is 27.2 Å². The van der Waals surface area contributed by atoms with Gasteiger partial charge in [0.15, 0.2) is 33.2 Å². The SMILES string of the molecule is Nc1ncnc2c1ccn2[C@@H]1O[C@H](COP)[C@@H](COPOC[C@@H]2C[C@@H](OS)[C@H](n3cnc4c(=O)[nH]ccc43)O2)[C@@H]1F. The molecule has 2 aliphatic rings. The largest absolute Gasteiger partial charge is 0.383 e. The number of alkyl halides is 1. The quantitative estimate of drug-likeness (QED) is 0.0969. The molecule has 0 bridgehead atoms. The van der Waals surface area contributed by atoms with Crippen molar-refractivity contribution >= 4 is 59.3 Å². The van der Waals surface area contributed by atoms with E-state index in [2.05, 4.69) is 42.3 Å². The highest BCUT2D eigenvalue weighted by Crippen LogP contribution is 2.40. The second-order valence-corrected chi connectivity index (χ2v) is 10.9. The zero-order chi connectivity index (χ0) is 28.5. The minimum Gasteiger partial charge on any atom is -0.383 e. The molecule has 3 N–H and O–H groups in total. The Hall–Kier alpha value is -2.26. The number of H-pyrrole nitrogens is 1. The summed E-state index contributed by atoms with van der Waals surface area (Å²) in [6.45, 7) is 0.428. The standard InChI is InChI=1S/C23H28FN7O7P2S/c24-17-13(16(8-33-39)37-23(17)30-4-2-12-19(25)27-9-28-20(12)30)7-35-40-34-6-11-5-15(38-41)22(36-11)31-10-29-18-14(31)1-3-26-21(18)32/h1-4,9-11,13,15-17,22-23,40-41H,5-8,39H2,(H,26,32)(H2,25,27,28)/t11-,13+,15+,16+,17-,22+,23+/m0/s1. The lowest BCUT2D eigenvalue weighted by molar-refractivity contribution is -0.0375. The maximum absolute atomic E-state index is 15.7. The number of fused-ring (bicyclic) bond motifs is 2. The first kappa shape index (κ1) is 28.8. The lowest BCUT2D eigenvalue weighted by atomic mass is 10.0. The van der Waals surface area contributed by atoms with E-state index in [1.54, 1.807) is 33.7 Å². The maximum Gasteiger partial charge on any atom is 0.276 e. The second-order valence-electron chi connectivity index (χ2n) is 9.65. The number of ether oxygens (including phenoxy) is 2. The Labute approximate surface area is 242 Å². The van der Waals surface area contributed by atoms with Crippen LogP contribution in [0.3, 0.4) is 0 Å². The van der Waals surface area contributed by atoms with Gasteiger partial charge in [0.2, 0.25) is 0 Å². The summed E-state index contributed by atoms with van der Waals surface area (Å²) in [5.41, 5.74) is 7.05. The van der Waals surface area contributed by atoms with E-state index in [9.17, 15) is 4.79 Å². The molecule has 4 aromatic rings. The third kappa shape index (κ3) is 5.61. The van der Waals surface area contributed by atoms with E-state index in [1.165, 1.54) is 12.7 Å². The van der Waals surface area contributed by atoms with Gasteiger partial charge in [0, 0.05) is 34.2 Å². The number of imidazole rings is 1. The number of rotatable bonds is 11. The summed E-state index contributed by atoms with van der Waals surface area (Å²) >= 11 is 4.00. The molecule has 2 unspecified atom stereocenters. The third-order valence-electron chi connectivity index (χ3n) is 7.27. The summed E-state index contributed by atoms with van der Waals surface area (Å²) in [7, 11) is 1.80. The molecule has 41 heavy (non-hydrogen) atoms. The molecule has 0 spiro atoms. The minimum atomic E-state index is -1.40. The summed E-state index contributed by atoms with van der Waals surface area (Å²) in [6.07, 6.45) is 2.44. The number of hydrogen-bond donors (Lipinski definition) is 3. The van der Waals surface area contributed by atoms with Crippen molar-refractivity contribution in [2.75, 3.05) is 25.6 Å². The lowest BCUT2D eigenvalue weighted by Crippen LogP contribution is -2.29. The van der Waals surface area contributed by atoms with E-state index in [0.29, 0.717) is 34.3 Å². The first-order valence-corrected chi connectivity index (χ1v) is 14.3. The molecule has 6 heterocycles. The molecule has 14 nitrogen and oxygen atoms in total. The fraction of sp³-hybridized carbons (Fsp3) is 0.478. The second kappa shape index (κ2) is 12.5. The molecule has 18 heteroatoms. The van der Waals surface area contributed by atoms with Crippen molar-refractivity contribution in [1.29, 1.82) is 0 Å². The Morgan fingerprint density at radius 2 is 2.02 bits per heavy atom. The lowest BCUT2D eigenvalue weighted by Gasteiger charge is -2.19. The van der Waals surface area contributed by atoms with Crippen LogP contribution in [0.2, 0.25) is 0 Å². The van der Waals surface area contributed by atoms with E-state index in [4.69, 9.17) is 33.0 Å². The van der Waals surface area contributed by atoms with Crippen LogP contribution in [0.5, 0.6) is 0 Å². The van der Waals surface area contributed by atoms with Crippen LogP contribution in [0.1, 0.15) is 18.9 Å². The summed E-state index contributed by atoms with van der Waals surface area (Å²) in [5, 5.41) is 0.619. The van der Waals surface area contributed by atoms with Gasteiger partial charge >= 0.3 is 0 Å². The predicted molar refractivity (Wildman–Crippen MR) is 153 cm³/mol. The van der Waals surface area contributed by atoms with E-state index < -0.39 is 36.8 Å². The molecule has 2 fully saturated rings. The molecular formula is C23H28FN7O7P2S. The Balaban J connectivity index is 1.03. The number of nitrogen functional groups attached to an aromatic ring is 1. The topological polar surface area (TPSA) is 163 Å². The van der Waals surface area contributed by atoms with Gasteiger partial charge in [0.05, 0.1) is 49.3 Å². The van der Waals surface area contributed by atoms with E-state index in [1.807, 2.05) is 0 Å². The Kier molecular flexibility index (Phi) is 8.82. The normalized spacial score (nSPS) is 28.6. The van der Waals surface area contributed by atoms with Crippen LogP contribution in [0, 0.1) is 5.92 Å². The van der Waals surface area contributed by atoms with E-state index >= 15 is 4.39 Å². The molecule has 4 aromatic heterocycles. The van der Waals surface area contributed by atoms with Gasteiger partial charge < -0.3 is 47.1 Å². The average Bonchev–Trinajstić information content (AvgIpc) is 3.74. The van der Waals surface area contributed by atoms with Crippen LogP contribution in [0.15, 0.2) is 42.0 Å². The number of aromatic amines is 1. The van der Waals surface area contributed by atoms with Gasteiger partial charge in [0.25, 0.3) is 5.56 Å². The minimum absolute atomic E-state index is 0.0528. The highest BCUT2D eigenvalue weighted by atomic mass is 32.1. The van der Waals surface area contributed by atoms with Crippen LogP contribution in [0.25, 0.3) is 22.1 Å². The molecule has 6 rings (SSSR count). The number of anilines is 1. The van der Waals surface area contributed by atoms with Gasteiger partial charge in [-0.05, 0) is 25.0 Å². The van der Waals surface area contributed by atoms with Crippen molar-refractivity contribution in [1.82, 2.24) is 29.1 Å². The number of nitrogens with zero attached hydrogens (tertiary/aromatic N) is 5. The molecule has 0 aromatic carbocycles. The van der Waals surface area contributed by atoms with E-state index in [-0.39, 0.29) is 40.5 Å². The summed E-state index contributed by atoms with van der Waals surface area (Å²) in [4.78, 5) is 27.1. The molecule has 0 amide bonds. The molecule has 0 radical (unpaired) electrons. The highest BCUT2D eigenvalue weighted by molar-refractivity contribution is 7.75. The molecular weight excluding hydrogens is 599 g/mol. The van der Waals surface area contributed by atoms with E-state index in [0.717, 1.165) is 0 Å². The number of thiol groups is 1. The smallest absolute Gasteiger partial charge is 0.276 e. The number of nitrogens with two attached hydrogens (primary N) is 1.